The molecule has 0 radical (unpaired) electrons. The molecular weight excluding hydrogens is 230 g/mol. The van der Waals surface area contributed by atoms with E-state index in [2.05, 4.69) is 11.8 Å². The van der Waals surface area contributed by atoms with Crippen LogP contribution in [0.5, 0.6) is 0 Å². The second kappa shape index (κ2) is 7.71. The lowest BCUT2D eigenvalue weighted by molar-refractivity contribution is -0.124. The number of likely N-dealkylation sites (tertiary alicyclic amines) is 1. The molecule has 0 aromatic carbocycles. The van der Waals surface area contributed by atoms with Crippen molar-refractivity contribution in [3.05, 3.63) is 0 Å². The van der Waals surface area contributed by atoms with Crippen molar-refractivity contribution in [1.82, 2.24) is 4.90 Å². The SMILES string of the molecule is CCOC(CN)CCN1CC(C(N)=O)CCC1C. The zero-order valence-electron chi connectivity index (χ0n) is 11.6. The molecule has 5 nitrogen and oxygen atoms in total. The van der Waals surface area contributed by atoms with Crippen LogP contribution in [0, 0.1) is 5.92 Å². The lowest BCUT2D eigenvalue weighted by atomic mass is 9.92. The Morgan fingerprint density at radius 1 is 1.50 bits per heavy atom. The topological polar surface area (TPSA) is 81.6 Å². The maximum atomic E-state index is 11.3. The number of primary amides is 1. The van der Waals surface area contributed by atoms with Gasteiger partial charge in [-0.05, 0) is 33.1 Å². The van der Waals surface area contributed by atoms with E-state index in [1.54, 1.807) is 0 Å². The van der Waals surface area contributed by atoms with Gasteiger partial charge >= 0.3 is 0 Å². The minimum Gasteiger partial charge on any atom is -0.377 e. The highest BCUT2D eigenvalue weighted by Crippen LogP contribution is 2.22. The molecule has 0 aromatic heterocycles. The van der Waals surface area contributed by atoms with Gasteiger partial charge in [-0.2, -0.15) is 0 Å². The molecule has 0 spiro atoms. The van der Waals surface area contributed by atoms with Gasteiger partial charge in [-0.25, -0.2) is 0 Å². The quantitative estimate of drug-likeness (QED) is 0.688. The van der Waals surface area contributed by atoms with Gasteiger partial charge in [-0.1, -0.05) is 0 Å². The Morgan fingerprint density at radius 2 is 2.22 bits per heavy atom. The van der Waals surface area contributed by atoms with Gasteiger partial charge in [0, 0.05) is 32.3 Å². The smallest absolute Gasteiger partial charge is 0.221 e. The molecule has 18 heavy (non-hydrogen) atoms. The number of hydrogen-bond donors (Lipinski definition) is 2. The van der Waals surface area contributed by atoms with Crippen molar-refractivity contribution in [2.45, 2.75) is 45.3 Å². The summed E-state index contributed by atoms with van der Waals surface area (Å²) in [5.74, 6) is -0.170. The predicted octanol–water partition coefficient (Wildman–Crippen LogP) is 0.326. The lowest BCUT2D eigenvalue weighted by Gasteiger charge is -2.37. The average Bonchev–Trinajstić information content (AvgIpc) is 2.35. The minimum absolute atomic E-state index is 0.00428. The lowest BCUT2D eigenvalue weighted by Crippen LogP contribution is -2.47. The van der Waals surface area contributed by atoms with Crippen LogP contribution in [0.25, 0.3) is 0 Å². The van der Waals surface area contributed by atoms with Gasteiger partial charge in [0.1, 0.15) is 0 Å². The number of piperidine rings is 1. The molecule has 1 fully saturated rings. The molecule has 5 heteroatoms. The Hall–Kier alpha value is -0.650. The van der Waals surface area contributed by atoms with Gasteiger partial charge in [-0.3, -0.25) is 9.69 Å². The first-order valence-corrected chi connectivity index (χ1v) is 6.93. The minimum atomic E-state index is -0.174. The summed E-state index contributed by atoms with van der Waals surface area (Å²) in [5, 5.41) is 0. The molecule has 106 valence electrons. The highest BCUT2D eigenvalue weighted by molar-refractivity contribution is 5.76. The Bertz CT molecular complexity index is 261. The van der Waals surface area contributed by atoms with E-state index >= 15 is 0 Å². The fourth-order valence-electron chi connectivity index (χ4n) is 2.54. The second-order valence-corrected chi connectivity index (χ2v) is 5.12. The number of carbonyl (C=O) groups is 1. The first kappa shape index (κ1) is 15.4. The van der Waals surface area contributed by atoms with Gasteiger partial charge in [0.15, 0.2) is 0 Å². The Balaban J connectivity index is 2.40. The first-order valence-electron chi connectivity index (χ1n) is 6.93. The standard InChI is InChI=1S/C13H27N3O2/c1-3-18-12(8-14)6-7-16-9-11(13(15)17)5-4-10(16)2/h10-12H,3-9,14H2,1-2H3,(H2,15,17). The van der Waals surface area contributed by atoms with Crippen LogP contribution in [0.2, 0.25) is 0 Å². The summed E-state index contributed by atoms with van der Waals surface area (Å²) in [6.07, 6.45) is 2.99. The van der Waals surface area contributed by atoms with Crippen LogP contribution in [0.4, 0.5) is 0 Å². The summed E-state index contributed by atoms with van der Waals surface area (Å²) in [5.41, 5.74) is 11.1. The zero-order valence-corrected chi connectivity index (χ0v) is 11.6. The highest BCUT2D eigenvalue weighted by atomic mass is 16.5. The number of hydrogen-bond acceptors (Lipinski definition) is 4. The molecule has 1 aliphatic heterocycles. The molecule has 0 aromatic rings. The third kappa shape index (κ3) is 4.55. The zero-order chi connectivity index (χ0) is 13.5. The van der Waals surface area contributed by atoms with Crippen LogP contribution < -0.4 is 11.5 Å². The van der Waals surface area contributed by atoms with Crippen LogP contribution in [-0.4, -0.2) is 49.2 Å². The van der Waals surface area contributed by atoms with Gasteiger partial charge in [0.2, 0.25) is 5.91 Å². The van der Waals surface area contributed by atoms with Crippen molar-refractivity contribution in [1.29, 1.82) is 0 Å². The van der Waals surface area contributed by atoms with E-state index in [4.69, 9.17) is 16.2 Å². The summed E-state index contributed by atoms with van der Waals surface area (Å²) in [6, 6.07) is 0.514. The molecule has 3 unspecified atom stereocenters. The molecule has 0 saturated carbocycles. The molecule has 1 saturated heterocycles. The van der Waals surface area contributed by atoms with E-state index in [1.165, 1.54) is 0 Å². The summed E-state index contributed by atoms with van der Waals surface area (Å²) in [7, 11) is 0. The summed E-state index contributed by atoms with van der Waals surface area (Å²) in [6.45, 7) is 7.13. The summed E-state index contributed by atoms with van der Waals surface area (Å²) in [4.78, 5) is 13.6. The van der Waals surface area contributed by atoms with Gasteiger partial charge in [0.25, 0.3) is 0 Å². The van der Waals surface area contributed by atoms with Crippen LogP contribution in [0.15, 0.2) is 0 Å². The molecule has 1 aliphatic rings. The van der Waals surface area contributed by atoms with Crippen molar-refractivity contribution >= 4 is 5.91 Å². The van der Waals surface area contributed by atoms with E-state index in [0.717, 1.165) is 32.4 Å². The fraction of sp³-hybridized carbons (Fsp3) is 0.923. The molecule has 4 N–H and O–H groups in total. The van der Waals surface area contributed by atoms with E-state index in [0.29, 0.717) is 19.2 Å². The maximum absolute atomic E-state index is 11.3. The van der Waals surface area contributed by atoms with Crippen molar-refractivity contribution in [3.8, 4) is 0 Å². The highest BCUT2D eigenvalue weighted by Gasteiger charge is 2.28. The molecule has 3 atom stereocenters. The molecule has 0 bridgehead atoms. The number of rotatable bonds is 7. The van der Waals surface area contributed by atoms with Crippen molar-refractivity contribution in [3.63, 3.8) is 0 Å². The number of ether oxygens (including phenoxy) is 1. The van der Waals surface area contributed by atoms with Crippen molar-refractivity contribution in [2.24, 2.45) is 17.4 Å². The largest absolute Gasteiger partial charge is 0.377 e. The summed E-state index contributed by atoms with van der Waals surface area (Å²) >= 11 is 0. The van der Waals surface area contributed by atoms with Gasteiger partial charge < -0.3 is 16.2 Å². The van der Waals surface area contributed by atoms with Crippen molar-refractivity contribution in [2.75, 3.05) is 26.2 Å². The normalized spacial score (nSPS) is 27.1. The van der Waals surface area contributed by atoms with E-state index in [9.17, 15) is 4.79 Å². The Labute approximate surface area is 110 Å². The summed E-state index contributed by atoms with van der Waals surface area (Å²) < 4.78 is 5.55. The molecule has 1 heterocycles. The van der Waals surface area contributed by atoms with E-state index < -0.39 is 0 Å². The van der Waals surface area contributed by atoms with Gasteiger partial charge in [-0.15, -0.1) is 0 Å². The van der Waals surface area contributed by atoms with E-state index in [-0.39, 0.29) is 17.9 Å². The third-order valence-electron chi connectivity index (χ3n) is 3.82. The predicted molar refractivity (Wildman–Crippen MR) is 72.0 cm³/mol. The molecule has 1 rings (SSSR count). The molecular formula is C13H27N3O2. The third-order valence-corrected chi connectivity index (χ3v) is 3.82. The van der Waals surface area contributed by atoms with Crippen LogP contribution in [0.3, 0.4) is 0 Å². The first-order chi connectivity index (χ1) is 8.58. The maximum Gasteiger partial charge on any atom is 0.221 e. The molecule has 1 amide bonds. The van der Waals surface area contributed by atoms with Gasteiger partial charge in [0.05, 0.1) is 12.0 Å². The second-order valence-electron chi connectivity index (χ2n) is 5.12. The number of amides is 1. The van der Waals surface area contributed by atoms with Crippen LogP contribution >= 0.6 is 0 Å². The van der Waals surface area contributed by atoms with Crippen LogP contribution in [0.1, 0.15) is 33.1 Å². The number of carbonyl (C=O) groups excluding carboxylic acids is 1. The Morgan fingerprint density at radius 3 is 2.78 bits per heavy atom. The fourth-order valence-corrected chi connectivity index (χ4v) is 2.54. The number of nitrogens with zero attached hydrogens (tertiary/aromatic N) is 1. The molecule has 0 aliphatic carbocycles. The average molecular weight is 257 g/mol. The monoisotopic (exact) mass is 257 g/mol. The van der Waals surface area contributed by atoms with Crippen molar-refractivity contribution < 1.29 is 9.53 Å². The van der Waals surface area contributed by atoms with Crippen LogP contribution in [-0.2, 0) is 9.53 Å². The number of nitrogens with two attached hydrogens (primary N) is 2. The van der Waals surface area contributed by atoms with E-state index in [1.807, 2.05) is 6.92 Å². The Kier molecular flexibility index (Phi) is 6.60.